The Morgan fingerprint density at radius 1 is 1.45 bits per heavy atom. The number of benzene rings is 1. The molecule has 4 nitrogen and oxygen atoms in total. The van der Waals surface area contributed by atoms with Crippen molar-refractivity contribution in [1.29, 1.82) is 0 Å². The van der Waals surface area contributed by atoms with Crippen LogP contribution < -0.4 is 0 Å². The lowest BCUT2D eigenvalue weighted by Crippen LogP contribution is -2.55. The second-order valence-electron chi connectivity index (χ2n) is 5.64. The van der Waals surface area contributed by atoms with Gasteiger partial charge >= 0.3 is 0 Å². The normalized spacial score (nSPS) is 22.1. The molecule has 1 heterocycles. The maximum Gasteiger partial charge on any atom is 0.246 e. The number of amides is 1. The van der Waals surface area contributed by atoms with Crippen LogP contribution in [-0.4, -0.2) is 47.3 Å². The van der Waals surface area contributed by atoms with Crippen LogP contribution in [0, 0.1) is 0 Å². The maximum absolute atomic E-state index is 12.2. The Labute approximate surface area is 119 Å². The molecule has 20 heavy (non-hydrogen) atoms. The molecule has 0 bridgehead atoms. The minimum atomic E-state index is -0.429. The van der Waals surface area contributed by atoms with Gasteiger partial charge in [0.05, 0.1) is 18.3 Å². The highest BCUT2D eigenvalue weighted by molar-refractivity contribution is 5.91. The van der Waals surface area contributed by atoms with E-state index >= 15 is 0 Å². The summed E-state index contributed by atoms with van der Waals surface area (Å²) in [5.41, 5.74) is 0.564. The highest BCUT2D eigenvalue weighted by Crippen LogP contribution is 2.21. The summed E-state index contributed by atoms with van der Waals surface area (Å²) >= 11 is 0. The monoisotopic (exact) mass is 275 g/mol. The summed E-state index contributed by atoms with van der Waals surface area (Å²) in [6.07, 6.45) is 3.07. The molecule has 4 heteroatoms. The highest BCUT2D eigenvalue weighted by Gasteiger charge is 2.34. The molecule has 0 aliphatic carbocycles. The Morgan fingerprint density at radius 3 is 2.80 bits per heavy atom. The van der Waals surface area contributed by atoms with E-state index in [1.807, 2.05) is 44.2 Å². The SMILES string of the molecule is CC1(C)CN(C(=O)/C=C/c2ccccc2)CC(CO)O1. The Bertz CT molecular complexity index is 482. The number of hydrogen-bond donors (Lipinski definition) is 1. The van der Waals surface area contributed by atoms with Gasteiger partial charge in [-0.25, -0.2) is 0 Å². The van der Waals surface area contributed by atoms with Crippen molar-refractivity contribution in [1.82, 2.24) is 4.90 Å². The van der Waals surface area contributed by atoms with Crippen LogP contribution in [0.1, 0.15) is 19.4 Å². The zero-order valence-electron chi connectivity index (χ0n) is 12.0. The van der Waals surface area contributed by atoms with Crippen molar-refractivity contribution in [3.05, 3.63) is 42.0 Å². The van der Waals surface area contributed by atoms with Crippen LogP contribution in [0.4, 0.5) is 0 Å². The third-order valence-electron chi connectivity index (χ3n) is 3.21. The molecule has 108 valence electrons. The van der Waals surface area contributed by atoms with Gasteiger partial charge in [0.25, 0.3) is 0 Å². The zero-order valence-corrected chi connectivity index (χ0v) is 12.0. The number of morpholine rings is 1. The predicted octanol–water partition coefficient (Wildman–Crippen LogP) is 1.70. The molecule has 1 amide bonds. The molecule has 0 radical (unpaired) electrons. The summed E-state index contributed by atoms with van der Waals surface area (Å²) in [6.45, 7) is 4.74. The van der Waals surface area contributed by atoms with Crippen molar-refractivity contribution in [3.63, 3.8) is 0 Å². The second kappa shape index (κ2) is 6.20. The molecule has 2 rings (SSSR count). The van der Waals surface area contributed by atoms with Gasteiger partial charge in [-0.2, -0.15) is 0 Å². The molecule has 1 aliphatic rings. The lowest BCUT2D eigenvalue weighted by Gasteiger charge is -2.41. The summed E-state index contributed by atoms with van der Waals surface area (Å²) in [7, 11) is 0. The van der Waals surface area contributed by atoms with Crippen LogP contribution in [0.15, 0.2) is 36.4 Å². The van der Waals surface area contributed by atoms with E-state index in [0.717, 1.165) is 5.56 Å². The molecular weight excluding hydrogens is 254 g/mol. The number of aliphatic hydroxyl groups excluding tert-OH is 1. The topological polar surface area (TPSA) is 49.8 Å². The van der Waals surface area contributed by atoms with Gasteiger partial charge < -0.3 is 14.7 Å². The van der Waals surface area contributed by atoms with E-state index in [-0.39, 0.29) is 18.6 Å². The van der Waals surface area contributed by atoms with Crippen molar-refractivity contribution >= 4 is 12.0 Å². The van der Waals surface area contributed by atoms with E-state index in [9.17, 15) is 9.90 Å². The molecular formula is C16H21NO3. The van der Waals surface area contributed by atoms with Gasteiger partial charge in [-0.1, -0.05) is 30.3 Å². The fraction of sp³-hybridized carbons (Fsp3) is 0.438. The molecule has 1 aromatic rings. The lowest BCUT2D eigenvalue weighted by molar-refractivity contribution is -0.163. The van der Waals surface area contributed by atoms with E-state index < -0.39 is 5.60 Å². The van der Waals surface area contributed by atoms with Gasteiger partial charge in [0.1, 0.15) is 0 Å². The van der Waals surface area contributed by atoms with Gasteiger partial charge in [-0.05, 0) is 25.5 Å². The molecule has 1 saturated heterocycles. The first-order valence-electron chi connectivity index (χ1n) is 6.81. The van der Waals surface area contributed by atoms with E-state index in [4.69, 9.17) is 4.74 Å². The third-order valence-corrected chi connectivity index (χ3v) is 3.21. The molecule has 1 unspecified atom stereocenters. The van der Waals surface area contributed by atoms with E-state index in [1.54, 1.807) is 17.1 Å². The first-order chi connectivity index (χ1) is 9.50. The molecule has 1 atom stereocenters. The van der Waals surface area contributed by atoms with Crippen molar-refractivity contribution in [3.8, 4) is 0 Å². The molecule has 1 aliphatic heterocycles. The summed E-state index contributed by atoms with van der Waals surface area (Å²) in [5.74, 6) is -0.0521. The number of nitrogens with zero attached hydrogens (tertiary/aromatic N) is 1. The zero-order chi connectivity index (χ0) is 14.6. The smallest absolute Gasteiger partial charge is 0.246 e. The van der Waals surface area contributed by atoms with Crippen molar-refractivity contribution < 1.29 is 14.6 Å². The van der Waals surface area contributed by atoms with E-state index in [2.05, 4.69) is 0 Å². The minimum absolute atomic E-state index is 0.0521. The number of hydrogen-bond acceptors (Lipinski definition) is 3. The molecule has 0 saturated carbocycles. The summed E-state index contributed by atoms with van der Waals surface area (Å²) in [6, 6.07) is 9.70. The number of rotatable bonds is 3. The highest BCUT2D eigenvalue weighted by atomic mass is 16.5. The standard InChI is InChI=1S/C16H21NO3/c1-16(2)12-17(10-14(11-18)20-16)15(19)9-8-13-6-4-3-5-7-13/h3-9,14,18H,10-12H2,1-2H3/b9-8+. The fourth-order valence-electron chi connectivity index (χ4n) is 2.40. The van der Waals surface area contributed by atoms with Crippen LogP contribution in [0.5, 0.6) is 0 Å². The largest absolute Gasteiger partial charge is 0.394 e. The Morgan fingerprint density at radius 2 is 2.15 bits per heavy atom. The van der Waals surface area contributed by atoms with Crippen LogP contribution in [0.25, 0.3) is 6.08 Å². The molecule has 0 aromatic heterocycles. The summed E-state index contributed by atoms with van der Waals surface area (Å²) in [5, 5.41) is 9.25. The van der Waals surface area contributed by atoms with Crippen LogP contribution in [0.2, 0.25) is 0 Å². The average Bonchev–Trinajstić information content (AvgIpc) is 2.44. The van der Waals surface area contributed by atoms with Crippen molar-refractivity contribution in [2.75, 3.05) is 19.7 Å². The summed E-state index contributed by atoms with van der Waals surface area (Å²) < 4.78 is 5.70. The van der Waals surface area contributed by atoms with Gasteiger partial charge in [-0.3, -0.25) is 4.79 Å². The average molecular weight is 275 g/mol. The van der Waals surface area contributed by atoms with Crippen molar-refractivity contribution in [2.24, 2.45) is 0 Å². The summed E-state index contributed by atoms with van der Waals surface area (Å²) in [4.78, 5) is 13.9. The van der Waals surface area contributed by atoms with Crippen LogP contribution in [0.3, 0.4) is 0 Å². The Kier molecular flexibility index (Phi) is 4.57. The van der Waals surface area contributed by atoms with Gasteiger partial charge in [0.15, 0.2) is 0 Å². The van der Waals surface area contributed by atoms with Crippen LogP contribution in [-0.2, 0) is 9.53 Å². The number of ether oxygens (including phenoxy) is 1. The molecule has 1 N–H and O–H groups in total. The second-order valence-corrected chi connectivity index (χ2v) is 5.64. The molecule has 1 fully saturated rings. The number of aliphatic hydroxyl groups is 1. The predicted molar refractivity (Wildman–Crippen MR) is 78.1 cm³/mol. The molecule has 1 aromatic carbocycles. The number of carbonyl (C=O) groups is 1. The van der Waals surface area contributed by atoms with Gasteiger partial charge in [0.2, 0.25) is 5.91 Å². The van der Waals surface area contributed by atoms with E-state index in [1.165, 1.54) is 0 Å². The maximum atomic E-state index is 12.2. The lowest BCUT2D eigenvalue weighted by atomic mass is 10.1. The van der Waals surface area contributed by atoms with Crippen molar-refractivity contribution in [2.45, 2.75) is 25.6 Å². The fourth-order valence-corrected chi connectivity index (χ4v) is 2.40. The third kappa shape index (κ3) is 3.92. The van der Waals surface area contributed by atoms with Gasteiger partial charge in [-0.15, -0.1) is 0 Å². The molecule has 0 spiro atoms. The quantitative estimate of drug-likeness (QED) is 0.854. The number of carbonyl (C=O) groups excluding carboxylic acids is 1. The van der Waals surface area contributed by atoms with Gasteiger partial charge in [0, 0.05) is 19.2 Å². The van der Waals surface area contributed by atoms with Crippen LogP contribution >= 0.6 is 0 Å². The first kappa shape index (κ1) is 14.8. The minimum Gasteiger partial charge on any atom is -0.394 e. The first-order valence-corrected chi connectivity index (χ1v) is 6.81. The Balaban J connectivity index is 2.03. The Hall–Kier alpha value is -1.65. The van der Waals surface area contributed by atoms with E-state index in [0.29, 0.717) is 13.1 Å².